The summed E-state index contributed by atoms with van der Waals surface area (Å²) >= 11 is 0. The van der Waals surface area contributed by atoms with Crippen molar-refractivity contribution in [2.24, 2.45) is 0 Å². The molecule has 1 aliphatic rings. The first kappa shape index (κ1) is 13.2. The normalized spacial score (nSPS) is 23.0. The van der Waals surface area contributed by atoms with Crippen LogP contribution in [-0.2, 0) is 15.0 Å². The van der Waals surface area contributed by atoms with Crippen molar-refractivity contribution in [3.05, 3.63) is 39.9 Å². The predicted molar refractivity (Wildman–Crippen MR) is 67.4 cm³/mol. The van der Waals surface area contributed by atoms with E-state index in [4.69, 9.17) is 0 Å². The van der Waals surface area contributed by atoms with Crippen LogP contribution in [0.2, 0.25) is 0 Å². The van der Waals surface area contributed by atoms with Crippen LogP contribution in [-0.4, -0.2) is 16.7 Å². The second kappa shape index (κ2) is 4.79. The third-order valence-electron chi connectivity index (χ3n) is 3.69. The van der Waals surface area contributed by atoms with Gasteiger partial charge in [0.25, 0.3) is 5.69 Å². The maximum atomic E-state index is 12.2. The van der Waals surface area contributed by atoms with Crippen molar-refractivity contribution in [1.82, 2.24) is 5.32 Å². The molecule has 0 saturated carbocycles. The predicted octanol–water partition coefficient (Wildman–Crippen LogP) is 1.68. The van der Waals surface area contributed by atoms with Crippen LogP contribution in [0.1, 0.15) is 31.7 Å². The monoisotopic (exact) mass is 262 g/mol. The van der Waals surface area contributed by atoms with Gasteiger partial charge in [-0.3, -0.25) is 25.0 Å². The number of benzene rings is 1. The first-order valence-corrected chi connectivity index (χ1v) is 6.09. The number of carbonyl (C=O) groups excluding carboxylic acids is 2. The number of nitrogens with zero attached hydrogens (tertiary/aromatic N) is 1. The highest BCUT2D eigenvalue weighted by Crippen LogP contribution is 2.40. The Hall–Kier alpha value is -2.24. The molecule has 6 heteroatoms. The third kappa shape index (κ3) is 2.09. The number of rotatable bonds is 3. The summed E-state index contributed by atoms with van der Waals surface area (Å²) in [5.74, 6) is -0.770. The number of nitro benzene ring substituents is 1. The van der Waals surface area contributed by atoms with Gasteiger partial charge in [-0.25, -0.2) is 0 Å². The number of para-hydroxylation sites is 1. The molecular formula is C13H14N2O4. The molecule has 1 aliphatic heterocycles. The molecule has 19 heavy (non-hydrogen) atoms. The Bertz CT molecular complexity index is 555. The largest absolute Gasteiger partial charge is 0.296 e. The lowest BCUT2D eigenvalue weighted by Gasteiger charge is -2.34. The zero-order valence-electron chi connectivity index (χ0n) is 10.5. The van der Waals surface area contributed by atoms with E-state index >= 15 is 0 Å². The van der Waals surface area contributed by atoms with Crippen molar-refractivity contribution in [2.45, 2.75) is 31.6 Å². The Morgan fingerprint density at radius 2 is 2.05 bits per heavy atom. The molecule has 1 saturated heterocycles. The van der Waals surface area contributed by atoms with Crippen LogP contribution < -0.4 is 5.32 Å². The average Bonchev–Trinajstić information content (AvgIpc) is 2.39. The summed E-state index contributed by atoms with van der Waals surface area (Å²) in [5, 5.41) is 13.4. The summed E-state index contributed by atoms with van der Waals surface area (Å²) < 4.78 is 0. The maximum Gasteiger partial charge on any atom is 0.273 e. The number of piperidine rings is 1. The lowest BCUT2D eigenvalue weighted by Crippen LogP contribution is -2.51. The molecular weight excluding hydrogens is 248 g/mol. The number of nitro groups is 1. The van der Waals surface area contributed by atoms with Crippen molar-refractivity contribution in [3.63, 3.8) is 0 Å². The van der Waals surface area contributed by atoms with E-state index in [1.54, 1.807) is 25.1 Å². The standard InChI is InChI=1S/C13H14N2O4/c1-2-13(8-7-11(16)14-12(13)17)9-5-3-4-6-10(9)15(18)19/h3-6H,2,7-8H2,1H3,(H,14,16,17). The van der Waals surface area contributed by atoms with Crippen molar-refractivity contribution in [2.75, 3.05) is 0 Å². The molecule has 1 N–H and O–H groups in total. The van der Waals surface area contributed by atoms with E-state index in [1.165, 1.54) is 6.07 Å². The number of carbonyl (C=O) groups is 2. The minimum absolute atomic E-state index is 0.0751. The molecule has 1 heterocycles. The van der Waals surface area contributed by atoms with E-state index in [1.807, 2.05) is 0 Å². The molecule has 0 aliphatic carbocycles. The Labute approximate surface area is 110 Å². The van der Waals surface area contributed by atoms with Gasteiger partial charge in [-0.2, -0.15) is 0 Å². The quantitative estimate of drug-likeness (QED) is 0.510. The average molecular weight is 262 g/mol. The molecule has 0 spiro atoms. The second-order valence-corrected chi connectivity index (χ2v) is 4.59. The zero-order chi connectivity index (χ0) is 14.0. The van der Waals surface area contributed by atoms with Gasteiger partial charge in [-0.05, 0) is 12.8 Å². The van der Waals surface area contributed by atoms with E-state index in [0.717, 1.165) is 0 Å². The molecule has 100 valence electrons. The molecule has 2 amide bonds. The smallest absolute Gasteiger partial charge is 0.273 e. The Balaban J connectivity index is 2.56. The van der Waals surface area contributed by atoms with Crippen molar-refractivity contribution in [1.29, 1.82) is 0 Å². The Morgan fingerprint density at radius 1 is 1.37 bits per heavy atom. The van der Waals surface area contributed by atoms with E-state index in [0.29, 0.717) is 18.4 Å². The minimum atomic E-state index is -0.989. The van der Waals surface area contributed by atoms with Crippen LogP contribution in [0.4, 0.5) is 5.69 Å². The summed E-state index contributed by atoms with van der Waals surface area (Å²) in [4.78, 5) is 34.1. The van der Waals surface area contributed by atoms with Crippen molar-refractivity contribution in [3.8, 4) is 0 Å². The number of hydrogen-bond donors (Lipinski definition) is 1. The summed E-state index contributed by atoms with van der Waals surface area (Å²) in [6.07, 6.45) is 0.918. The molecule has 6 nitrogen and oxygen atoms in total. The van der Waals surface area contributed by atoms with Crippen LogP contribution in [0.15, 0.2) is 24.3 Å². The molecule has 1 aromatic rings. The number of hydrogen-bond acceptors (Lipinski definition) is 4. The van der Waals surface area contributed by atoms with Gasteiger partial charge in [-0.15, -0.1) is 0 Å². The first-order chi connectivity index (χ1) is 9.01. The fourth-order valence-corrected chi connectivity index (χ4v) is 2.57. The highest BCUT2D eigenvalue weighted by Gasteiger charge is 2.46. The van der Waals surface area contributed by atoms with Crippen LogP contribution in [0.3, 0.4) is 0 Å². The van der Waals surface area contributed by atoms with Gasteiger partial charge >= 0.3 is 0 Å². The number of amides is 2. The minimum Gasteiger partial charge on any atom is -0.296 e. The molecule has 1 unspecified atom stereocenters. The molecule has 1 fully saturated rings. The number of imide groups is 1. The Morgan fingerprint density at radius 3 is 2.63 bits per heavy atom. The van der Waals surface area contributed by atoms with E-state index in [9.17, 15) is 19.7 Å². The maximum absolute atomic E-state index is 12.2. The molecule has 1 atom stereocenters. The lowest BCUT2D eigenvalue weighted by atomic mass is 9.71. The van der Waals surface area contributed by atoms with E-state index in [-0.39, 0.29) is 18.0 Å². The first-order valence-electron chi connectivity index (χ1n) is 6.09. The van der Waals surface area contributed by atoms with Crippen LogP contribution >= 0.6 is 0 Å². The molecule has 0 radical (unpaired) electrons. The molecule has 2 rings (SSSR count). The molecule has 0 aromatic heterocycles. The Kier molecular flexibility index (Phi) is 3.33. The SMILES string of the molecule is CCC1(c2ccccc2[N+](=O)[O-])CCC(=O)NC1=O. The highest BCUT2D eigenvalue weighted by atomic mass is 16.6. The van der Waals surface area contributed by atoms with Gasteiger partial charge in [0.1, 0.15) is 0 Å². The van der Waals surface area contributed by atoms with Crippen LogP contribution in [0.5, 0.6) is 0 Å². The van der Waals surface area contributed by atoms with Gasteiger partial charge < -0.3 is 0 Å². The van der Waals surface area contributed by atoms with E-state index < -0.39 is 16.2 Å². The van der Waals surface area contributed by atoms with Crippen molar-refractivity contribution >= 4 is 17.5 Å². The molecule has 0 bridgehead atoms. The zero-order valence-corrected chi connectivity index (χ0v) is 10.5. The summed E-state index contributed by atoms with van der Waals surface area (Å²) in [7, 11) is 0. The van der Waals surface area contributed by atoms with Crippen LogP contribution in [0.25, 0.3) is 0 Å². The van der Waals surface area contributed by atoms with Gasteiger partial charge in [-0.1, -0.05) is 25.1 Å². The summed E-state index contributed by atoms with van der Waals surface area (Å²) in [6, 6.07) is 6.22. The summed E-state index contributed by atoms with van der Waals surface area (Å²) in [5.41, 5.74) is -0.682. The number of nitrogens with one attached hydrogen (secondary N) is 1. The van der Waals surface area contributed by atoms with Gasteiger partial charge in [0, 0.05) is 18.1 Å². The molecule has 1 aromatic carbocycles. The van der Waals surface area contributed by atoms with Gasteiger partial charge in [0.2, 0.25) is 11.8 Å². The van der Waals surface area contributed by atoms with Gasteiger partial charge in [0.05, 0.1) is 10.3 Å². The second-order valence-electron chi connectivity index (χ2n) is 4.59. The van der Waals surface area contributed by atoms with Gasteiger partial charge in [0.15, 0.2) is 0 Å². The third-order valence-corrected chi connectivity index (χ3v) is 3.69. The summed E-state index contributed by atoms with van der Waals surface area (Å²) in [6.45, 7) is 1.80. The van der Waals surface area contributed by atoms with Crippen molar-refractivity contribution < 1.29 is 14.5 Å². The van der Waals surface area contributed by atoms with E-state index in [2.05, 4.69) is 5.32 Å². The highest BCUT2D eigenvalue weighted by molar-refractivity contribution is 6.03. The fraction of sp³-hybridized carbons (Fsp3) is 0.385. The fourth-order valence-electron chi connectivity index (χ4n) is 2.57. The lowest BCUT2D eigenvalue weighted by molar-refractivity contribution is -0.386. The van der Waals surface area contributed by atoms with Crippen LogP contribution in [0, 0.1) is 10.1 Å². The topological polar surface area (TPSA) is 89.3 Å².